The minimum Gasteiger partial charge on any atom is -0.462 e. The second kappa shape index (κ2) is 8.92. The fraction of sp³-hybridized carbons (Fsp3) is 0.167. The molecule has 1 unspecified atom stereocenters. The summed E-state index contributed by atoms with van der Waals surface area (Å²) >= 11 is 0. The minimum absolute atomic E-state index is 0.0319. The monoisotopic (exact) mass is 506 g/mol. The molecule has 0 radical (unpaired) electrons. The van der Waals surface area contributed by atoms with Gasteiger partial charge in [-0.3, -0.25) is 4.79 Å². The zero-order chi connectivity index (χ0) is 26.4. The number of carbonyl (C=O) groups excluding carboxylic acids is 2. The van der Waals surface area contributed by atoms with Gasteiger partial charge in [-0.25, -0.2) is 9.48 Å². The number of aryl methyl sites for hydroxylation is 1. The number of fused-ring (bicyclic) bond motifs is 4. The third-order valence-corrected chi connectivity index (χ3v) is 7.05. The van der Waals surface area contributed by atoms with E-state index in [9.17, 15) is 9.59 Å². The number of anilines is 1. The van der Waals surface area contributed by atoms with Crippen LogP contribution in [0.15, 0.2) is 96.4 Å². The highest BCUT2D eigenvalue weighted by Gasteiger charge is 2.63. The van der Waals surface area contributed by atoms with Crippen molar-refractivity contribution >= 4 is 17.6 Å². The molecular weight excluding hydrogens is 480 g/mol. The van der Waals surface area contributed by atoms with E-state index in [0.29, 0.717) is 34.9 Å². The highest BCUT2D eigenvalue weighted by molar-refractivity contribution is 6.18. The molecule has 0 bridgehead atoms. The van der Waals surface area contributed by atoms with E-state index < -0.39 is 11.4 Å². The molecule has 2 N–H and O–H groups in total. The molecule has 0 saturated carbocycles. The smallest absolute Gasteiger partial charge is 0.341 e. The van der Waals surface area contributed by atoms with Gasteiger partial charge in [-0.05, 0) is 37.6 Å². The summed E-state index contributed by atoms with van der Waals surface area (Å²) < 4.78 is 13.2. The molecule has 1 atom stereocenters. The van der Waals surface area contributed by atoms with Crippen LogP contribution in [0.5, 0.6) is 5.88 Å². The quantitative estimate of drug-likeness (QED) is 0.409. The van der Waals surface area contributed by atoms with Crippen molar-refractivity contribution in [1.82, 2.24) is 9.78 Å². The Bertz CT molecular complexity index is 1590. The topological polar surface area (TPSA) is 99.7 Å². The largest absolute Gasteiger partial charge is 0.462 e. The number of carbonyl (C=O) groups is 2. The van der Waals surface area contributed by atoms with E-state index in [4.69, 9.17) is 20.3 Å². The Kier molecular flexibility index (Phi) is 5.52. The lowest BCUT2D eigenvalue weighted by atomic mass is 9.68. The molecule has 8 heteroatoms. The highest BCUT2D eigenvalue weighted by Crippen LogP contribution is 2.57. The lowest BCUT2D eigenvalue weighted by Gasteiger charge is -2.34. The summed E-state index contributed by atoms with van der Waals surface area (Å²) in [4.78, 5) is 30.1. The lowest BCUT2D eigenvalue weighted by Crippen LogP contribution is -2.48. The van der Waals surface area contributed by atoms with E-state index in [-0.39, 0.29) is 24.0 Å². The zero-order valence-corrected chi connectivity index (χ0v) is 21.0. The van der Waals surface area contributed by atoms with Gasteiger partial charge in [-0.2, -0.15) is 5.10 Å². The number of rotatable bonds is 5. The molecule has 3 aromatic carbocycles. The molecule has 38 heavy (non-hydrogen) atoms. The average molecular weight is 507 g/mol. The molecule has 8 nitrogen and oxygen atoms in total. The third kappa shape index (κ3) is 3.26. The van der Waals surface area contributed by atoms with Crippen LogP contribution in [-0.4, -0.2) is 28.3 Å². The summed E-state index contributed by atoms with van der Waals surface area (Å²) in [5.74, 6) is -0.900. The maximum atomic E-state index is 14.8. The Morgan fingerprint density at radius 3 is 2.37 bits per heavy atom. The van der Waals surface area contributed by atoms with Crippen molar-refractivity contribution in [3.63, 3.8) is 0 Å². The predicted octanol–water partition coefficient (Wildman–Crippen LogP) is 4.14. The molecule has 2 aliphatic heterocycles. The van der Waals surface area contributed by atoms with Crippen LogP contribution in [0.3, 0.4) is 0 Å². The molecule has 0 aliphatic carbocycles. The SMILES string of the molecule is CCOC(=O)C1=C(N)Oc2c(c(C)nn2-c2ccccc2)C12C(=O)N(Cc1ccccc1)c1ccccc12. The molecule has 6 rings (SSSR count). The van der Waals surface area contributed by atoms with E-state index >= 15 is 0 Å². The van der Waals surface area contributed by atoms with Crippen LogP contribution >= 0.6 is 0 Å². The van der Waals surface area contributed by atoms with Crippen LogP contribution in [0.2, 0.25) is 0 Å². The van der Waals surface area contributed by atoms with Crippen LogP contribution in [0.1, 0.15) is 29.3 Å². The number of aromatic nitrogens is 2. The van der Waals surface area contributed by atoms with Gasteiger partial charge in [0, 0.05) is 11.3 Å². The second-order valence-corrected chi connectivity index (χ2v) is 9.22. The summed E-state index contributed by atoms with van der Waals surface area (Å²) in [7, 11) is 0. The van der Waals surface area contributed by atoms with Gasteiger partial charge in [0.05, 0.1) is 30.1 Å². The number of nitrogens with two attached hydrogens (primary N) is 1. The van der Waals surface area contributed by atoms with Crippen molar-refractivity contribution < 1.29 is 19.1 Å². The fourth-order valence-electron chi connectivity index (χ4n) is 5.56. The van der Waals surface area contributed by atoms with Gasteiger partial charge in [-0.1, -0.05) is 66.7 Å². The fourth-order valence-corrected chi connectivity index (χ4v) is 5.56. The number of esters is 1. The molecule has 0 saturated heterocycles. The Morgan fingerprint density at radius 2 is 1.66 bits per heavy atom. The van der Waals surface area contributed by atoms with E-state index in [1.54, 1.807) is 16.5 Å². The third-order valence-electron chi connectivity index (χ3n) is 7.05. The van der Waals surface area contributed by atoms with Gasteiger partial charge in [-0.15, -0.1) is 0 Å². The Morgan fingerprint density at radius 1 is 1.00 bits per heavy atom. The molecule has 2 aliphatic rings. The first-order chi connectivity index (χ1) is 18.5. The van der Waals surface area contributed by atoms with Crippen molar-refractivity contribution in [2.24, 2.45) is 5.73 Å². The first-order valence-corrected chi connectivity index (χ1v) is 12.4. The zero-order valence-electron chi connectivity index (χ0n) is 21.0. The first kappa shape index (κ1) is 23.5. The Balaban J connectivity index is 1.66. The number of hydrogen-bond acceptors (Lipinski definition) is 6. The van der Waals surface area contributed by atoms with Crippen LogP contribution in [0, 0.1) is 6.92 Å². The molecule has 1 aromatic heterocycles. The normalized spacial score (nSPS) is 17.8. The van der Waals surface area contributed by atoms with Gasteiger partial charge >= 0.3 is 5.97 Å². The summed E-state index contributed by atoms with van der Waals surface area (Å²) in [5.41, 5.74) is 8.91. The van der Waals surface area contributed by atoms with Gasteiger partial charge in [0.1, 0.15) is 11.0 Å². The summed E-state index contributed by atoms with van der Waals surface area (Å²) in [6.07, 6.45) is 0. The standard InChI is InChI=1S/C30H26N4O4/c1-3-37-28(35)25-26(31)38-27-24(19(2)32-34(27)21-14-8-5-9-15-21)30(25)22-16-10-11-17-23(22)33(29(30)36)18-20-12-6-4-7-13-20/h4-17H,3,18,31H2,1-2H3. The van der Waals surface area contributed by atoms with Crippen molar-refractivity contribution in [2.75, 3.05) is 11.5 Å². The van der Waals surface area contributed by atoms with Gasteiger partial charge < -0.3 is 20.1 Å². The number of amides is 1. The van der Waals surface area contributed by atoms with E-state index in [0.717, 1.165) is 11.3 Å². The number of para-hydroxylation sites is 2. The molecule has 3 heterocycles. The van der Waals surface area contributed by atoms with Crippen molar-refractivity contribution in [3.8, 4) is 11.6 Å². The highest BCUT2D eigenvalue weighted by atomic mass is 16.5. The first-order valence-electron chi connectivity index (χ1n) is 12.4. The number of hydrogen-bond donors (Lipinski definition) is 1. The molecule has 4 aromatic rings. The van der Waals surface area contributed by atoms with Crippen molar-refractivity contribution in [1.29, 1.82) is 0 Å². The van der Waals surface area contributed by atoms with Crippen molar-refractivity contribution in [3.05, 3.63) is 119 Å². The maximum absolute atomic E-state index is 14.8. The van der Waals surface area contributed by atoms with E-state index in [1.807, 2.05) is 91.9 Å². The average Bonchev–Trinajstić information content (AvgIpc) is 3.38. The van der Waals surface area contributed by atoms with Crippen LogP contribution in [0.4, 0.5) is 5.69 Å². The van der Waals surface area contributed by atoms with Gasteiger partial charge in [0.25, 0.3) is 0 Å². The van der Waals surface area contributed by atoms with E-state index in [2.05, 4.69) is 0 Å². The predicted molar refractivity (Wildman–Crippen MR) is 142 cm³/mol. The number of ether oxygens (including phenoxy) is 2. The van der Waals surface area contributed by atoms with Gasteiger partial charge in [0.2, 0.25) is 17.7 Å². The molecule has 190 valence electrons. The summed E-state index contributed by atoms with van der Waals surface area (Å²) in [6.45, 7) is 3.95. The van der Waals surface area contributed by atoms with Crippen molar-refractivity contribution in [2.45, 2.75) is 25.8 Å². The van der Waals surface area contributed by atoms with Crippen LogP contribution in [0.25, 0.3) is 5.69 Å². The van der Waals surface area contributed by atoms with E-state index in [1.165, 1.54) is 0 Å². The van der Waals surface area contributed by atoms with Crippen LogP contribution < -0.4 is 15.4 Å². The molecule has 0 fully saturated rings. The Hall–Kier alpha value is -4.85. The number of benzene rings is 3. The number of nitrogens with zero attached hydrogens (tertiary/aromatic N) is 3. The molecular formula is C30H26N4O4. The van der Waals surface area contributed by atoms with Gasteiger partial charge in [0.15, 0.2) is 0 Å². The Labute approximate surface area is 219 Å². The second-order valence-electron chi connectivity index (χ2n) is 9.22. The molecule has 1 spiro atoms. The van der Waals surface area contributed by atoms with Crippen LogP contribution in [-0.2, 0) is 26.3 Å². The minimum atomic E-state index is -1.59. The summed E-state index contributed by atoms with van der Waals surface area (Å²) in [6, 6.07) is 26.6. The maximum Gasteiger partial charge on any atom is 0.341 e. The molecule has 1 amide bonds. The summed E-state index contributed by atoms with van der Waals surface area (Å²) in [5, 5.41) is 4.76. The lowest BCUT2D eigenvalue weighted by molar-refractivity contribution is -0.140.